The summed E-state index contributed by atoms with van der Waals surface area (Å²) in [6.07, 6.45) is 3.88. The van der Waals surface area contributed by atoms with Crippen LogP contribution in [-0.2, 0) is 0 Å². The fourth-order valence-corrected chi connectivity index (χ4v) is 3.50. The third-order valence-corrected chi connectivity index (χ3v) is 6.64. The largest absolute Gasteiger partial charge is 0.295 e. The lowest BCUT2D eigenvalue weighted by Gasteiger charge is -2.24. The summed E-state index contributed by atoms with van der Waals surface area (Å²) in [4.78, 5) is 10.9. The highest BCUT2D eigenvalue weighted by atomic mass is 19.1. The quantitative estimate of drug-likeness (QED) is 0.280. The Kier molecular flexibility index (Phi) is 16.6. The first kappa shape index (κ1) is 37.3. The van der Waals surface area contributed by atoms with Crippen LogP contribution in [-0.4, -0.2) is 5.78 Å². The molecule has 0 bridgehead atoms. The van der Waals surface area contributed by atoms with Gasteiger partial charge in [0.15, 0.2) is 5.78 Å². The van der Waals surface area contributed by atoms with Gasteiger partial charge in [0.05, 0.1) is 0 Å². The van der Waals surface area contributed by atoms with Crippen molar-refractivity contribution < 1.29 is 9.18 Å². The lowest BCUT2D eigenvalue weighted by atomic mass is 9.81. The van der Waals surface area contributed by atoms with E-state index in [1.54, 1.807) is 6.92 Å². The van der Waals surface area contributed by atoms with E-state index in [0.29, 0.717) is 27.9 Å². The standard InChI is InChI=1S/C16H26.C9H9FO.C8H10.C5H12/c1-6-16(4,5)12-11-14(3)15-9-7-13(2)8-10-15;1-6-5-8(10)3-4-9(6)7(2)11;1-7-3-5-8(2)6-4-7;1-5(2,3)4/h7-10,14H,6,11-12H2,1-5H3;3-5H,1-2H3;3-6H,1-2H3;1-4H3. The number of carbonyl (C=O) groups excluding carboxylic acids is 1. The molecule has 3 aromatic carbocycles. The molecule has 1 nitrogen and oxygen atoms in total. The van der Waals surface area contributed by atoms with E-state index in [4.69, 9.17) is 0 Å². The topological polar surface area (TPSA) is 17.1 Å². The van der Waals surface area contributed by atoms with Crippen molar-refractivity contribution in [2.24, 2.45) is 10.8 Å². The third-order valence-electron chi connectivity index (χ3n) is 6.64. The average molecular weight is 549 g/mol. The molecule has 0 spiro atoms. The van der Waals surface area contributed by atoms with Gasteiger partial charge < -0.3 is 0 Å². The van der Waals surface area contributed by atoms with Crippen molar-refractivity contribution in [2.45, 2.75) is 115 Å². The predicted octanol–water partition coefficient (Wildman–Crippen LogP) is 12.0. The molecule has 40 heavy (non-hydrogen) atoms. The monoisotopic (exact) mass is 548 g/mol. The van der Waals surface area contributed by atoms with Crippen molar-refractivity contribution in [3.8, 4) is 0 Å². The number of benzene rings is 3. The minimum Gasteiger partial charge on any atom is -0.295 e. The fourth-order valence-electron chi connectivity index (χ4n) is 3.50. The van der Waals surface area contributed by atoms with Crippen molar-refractivity contribution >= 4 is 5.78 Å². The Labute approximate surface area is 246 Å². The molecule has 0 aliphatic rings. The molecule has 0 fully saturated rings. The molecule has 1 unspecified atom stereocenters. The van der Waals surface area contributed by atoms with Gasteiger partial charge in [-0.25, -0.2) is 4.39 Å². The Morgan fingerprint density at radius 1 is 0.750 bits per heavy atom. The number of Topliss-reactive ketones (excluding diaryl/α,β-unsaturated/α-hetero) is 1. The molecule has 0 aliphatic heterocycles. The molecule has 222 valence electrons. The zero-order chi connectivity index (χ0) is 31.1. The first-order chi connectivity index (χ1) is 18.3. The van der Waals surface area contributed by atoms with Gasteiger partial charge in [-0.2, -0.15) is 0 Å². The molecule has 1 atom stereocenters. The molecular formula is C38H57FO. The van der Waals surface area contributed by atoms with Crippen LogP contribution in [0.1, 0.15) is 126 Å². The van der Waals surface area contributed by atoms with Gasteiger partial charge in [0.2, 0.25) is 0 Å². The van der Waals surface area contributed by atoms with Crippen LogP contribution in [0.15, 0.2) is 66.7 Å². The molecule has 0 aromatic heterocycles. The van der Waals surface area contributed by atoms with E-state index in [1.165, 1.54) is 66.6 Å². The summed E-state index contributed by atoms with van der Waals surface area (Å²) in [6.45, 7) is 27.7. The van der Waals surface area contributed by atoms with Gasteiger partial charge in [-0.05, 0) is 93.5 Å². The van der Waals surface area contributed by atoms with Crippen LogP contribution >= 0.6 is 0 Å². The molecular weight excluding hydrogens is 491 g/mol. The third kappa shape index (κ3) is 18.5. The van der Waals surface area contributed by atoms with Crippen LogP contribution < -0.4 is 0 Å². The Bertz CT molecular complexity index is 1090. The first-order valence-electron chi connectivity index (χ1n) is 14.7. The second-order valence-corrected chi connectivity index (χ2v) is 13.5. The highest BCUT2D eigenvalue weighted by Crippen LogP contribution is 2.31. The van der Waals surface area contributed by atoms with Crippen LogP contribution in [0.2, 0.25) is 0 Å². The highest BCUT2D eigenvalue weighted by molar-refractivity contribution is 5.95. The summed E-state index contributed by atoms with van der Waals surface area (Å²) in [5, 5.41) is 0. The summed E-state index contributed by atoms with van der Waals surface area (Å²) in [5.74, 6) is 0.362. The molecule has 0 aliphatic carbocycles. The zero-order valence-corrected chi connectivity index (χ0v) is 27.8. The molecule has 3 rings (SSSR count). The summed E-state index contributed by atoms with van der Waals surface area (Å²) in [5.41, 5.74) is 7.77. The summed E-state index contributed by atoms with van der Waals surface area (Å²) >= 11 is 0. The zero-order valence-electron chi connectivity index (χ0n) is 27.8. The van der Waals surface area contributed by atoms with Crippen LogP contribution in [0, 0.1) is 44.3 Å². The van der Waals surface area contributed by atoms with Gasteiger partial charge in [0.25, 0.3) is 0 Å². The predicted molar refractivity (Wildman–Crippen MR) is 175 cm³/mol. The lowest BCUT2D eigenvalue weighted by molar-refractivity contribution is 0.101. The molecule has 0 saturated carbocycles. The molecule has 2 heteroatoms. The van der Waals surface area contributed by atoms with E-state index in [0.717, 1.165) is 0 Å². The van der Waals surface area contributed by atoms with Gasteiger partial charge in [-0.15, -0.1) is 0 Å². The number of ketones is 1. The van der Waals surface area contributed by atoms with Gasteiger partial charge in [0.1, 0.15) is 5.82 Å². The van der Waals surface area contributed by atoms with Gasteiger partial charge in [-0.1, -0.05) is 127 Å². The molecule has 0 heterocycles. The number of hydrogen-bond donors (Lipinski definition) is 0. The van der Waals surface area contributed by atoms with Crippen molar-refractivity contribution in [3.63, 3.8) is 0 Å². The lowest BCUT2D eigenvalue weighted by Crippen LogP contribution is -2.10. The number of rotatable bonds is 6. The van der Waals surface area contributed by atoms with E-state index in [9.17, 15) is 9.18 Å². The van der Waals surface area contributed by atoms with Crippen LogP contribution in [0.4, 0.5) is 4.39 Å². The van der Waals surface area contributed by atoms with E-state index < -0.39 is 0 Å². The maximum atomic E-state index is 12.5. The van der Waals surface area contributed by atoms with Crippen molar-refractivity contribution in [2.75, 3.05) is 0 Å². The number of aryl methyl sites for hydroxylation is 4. The highest BCUT2D eigenvalue weighted by Gasteiger charge is 2.16. The van der Waals surface area contributed by atoms with Crippen molar-refractivity contribution in [1.29, 1.82) is 0 Å². The summed E-state index contributed by atoms with van der Waals surface area (Å²) in [7, 11) is 0. The minimum absolute atomic E-state index is 0.0255. The summed E-state index contributed by atoms with van der Waals surface area (Å²) in [6, 6.07) is 21.6. The molecule has 0 amide bonds. The summed E-state index contributed by atoms with van der Waals surface area (Å²) < 4.78 is 12.5. The van der Waals surface area contributed by atoms with Crippen molar-refractivity contribution in [3.05, 3.63) is 106 Å². The Morgan fingerprint density at radius 3 is 1.50 bits per heavy atom. The molecule has 0 N–H and O–H groups in total. The van der Waals surface area contributed by atoms with Crippen LogP contribution in [0.25, 0.3) is 0 Å². The minimum atomic E-state index is -0.299. The molecule has 0 radical (unpaired) electrons. The average Bonchev–Trinajstić information content (AvgIpc) is 2.84. The molecule has 3 aromatic rings. The van der Waals surface area contributed by atoms with Gasteiger partial charge in [0, 0.05) is 5.56 Å². The maximum absolute atomic E-state index is 12.5. The number of halogens is 1. The van der Waals surface area contributed by atoms with E-state index in [-0.39, 0.29) is 11.6 Å². The van der Waals surface area contributed by atoms with E-state index >= 15 is 0 Å². The number of hydrogen-bond acceptors (Lipinski definition) is 1. The van der Waals surface area contributed by atoms with Gasteiger partial charge in [-0.3, -0.25) is 4.79 Å². The van der Waals surface area contributed by atoms with E-state index in [1.807, 2.05) is 0 Å². The Hall–Kier alpha value is -2.74. The Balaban J connectivity index is 0.000000550. The SMILES string of the molecule is CC(=O)c1ccc(F)cc1C.CC(C)(C)C.CCC(C)(C)CCC(C)c1ccc(C)cc1.Cc1ccc(C)cc1. The van der Waals surface area contributed by atoms with E-state index in [2.05, 4.69) is 125 Å². The molecule has 0 saturated heterocycles. The maximum Gasteiger partial charge on any atom is 0.160 e. The normalized spacial score (nSPS) is 11.6. The fraction of sp³-hybridized carbons (Fsp3) is 0.500. The van der Waals surface area contributed by atoms with Crippen LogP contribution in [0.5, 0.6) is 0 Å². The van der Waals surface area contributed by atoms with Gasteiger partial charge >= 0.3 is 0 Å². The second-order valence-electron chi connectivity index (χ2n) is 13.5. The number of carbonyl (C=O) groups is 1. The van der Waals surface area contributed by atoms with Crippen molar-refractivity contribution in [1.82, 2.24) is 0 Å². The Morgan fingerprint density at radius 2 is 1.15 bits per heavy atom. The van der Waals surface area contributed by atoms with Crippen LogP contribution in [0.3, 0.4) is 0 Å². The smallest absolute Gasteiger partial charge is 0.160 e. The second kappa shape index (κ2) is 17.8. The first-order valence-corrected chi connectivity index (χ1v) is 14.7.